The molecule has 5 rings (SSSR count). The van der Waals surface area contributed by atoms with Gasteiger partial charge in [-0.25, -0.2) is 0 Å². The molecule has 1 aliphatic heterocycles. The van der Waals surface area contributed by atoms with Gasteiger partial charge in [0.1, 0.15) is 0 Å². The first kappa shape index (κ1) is 16.6. The molecule has 0 aromatic heterocycles. The number of nitro benzene ring substituents is 1. The summed E-state index contributed by atoms with van der Waals surface area (Å²) in [6, 6.07) is 6.94. The van der Waals surface area contributed by atoms with Crippen LogP contribution in [0.1, 0.15) is 26.7 Å². The van der Waals surface area contributed by atoms with Gasteiger partial charge in [-0.3, -0.25) is 15.0 Å². The van der Waals surface area contributed by atoms with E-state index in [1.54, 1.807) is 17.7 Å². The Morgan fingerprint density at radius 3 is 2.40 bits per heavy atom. The molecule has 1 saturated carbocycles. The third-order valence-electron chi connectivity index (χ3n) is 6.79. The summed E-state index contributed by atoms with van der Waals surface area (Å²) in [5.74, 6) is 1.69. The Balaban J connectivity index is 1.33. The van der Waals surface area contributed by atoms with E-state index in [-0.39, 0.29) is 10.6 Å². The number of non-ortho nitro benzene ring substituents is 1. The van der Waals surface area contributed by atoms with Gasteiger partial charge in [0.05, 0.1) is 4.92 Å². The minimum atomic E-state index is -0.341. The van der Waals surface area contributed by atoms with Crippen LogP contribution in [0.2, 0.25) is 0 Å². The number of nitro groups is 1. The molecule has 0 spiro atoms. The van der Waals surface area contributed by atoms with Crippen LogP contribution in [0.3, 0.4) is 0 Å². The molecule has 134 valence electrons. The van der Waals surface area contributed by atoms with E-state index in [1.165, 1.54) is 12.8 Å². The van der Waals surface area contributed by atoms with Gasteiger partial charge in [-0.1, -0.05) is 25.5 Å². The Kier molecular flexibility index (Phi) is 4.07. The molecule has 2 fully saturated rings. The van der Waals surface area contributed by atoms with Crippen molar-refractivity contribution in [1.29, 1.82) is 0 Å². The maximum atomic E-state index is 10.8. The van der Waals surface area contributed by atoms with Crippen molar-refractivity contribution in [3.8, 4) is 0 Å². The minimum absolute atomic E-state index is 0.160. The number of nitrogens with zero attached hydrogens (tertiary/aromatic N) is 3. The third-order valence-corrected chi connectivity index (χ3v) is 6.79. The van der Waals surface area contributed by atoms with Crippen LogP contribution in [0.4, 0.5) is 11.4 Å². The highest BCUT2D eigenvalue weighted by Crippen LogP contribution is 2.59. The lowest BCUT2D eigenvalue weighted by Gasteiger charge is -2.57. The molecule has 3 aliphatic carbocycles. The van der Waals surface area contributed by atoms with Crippen LogP contribution in [0.25, 0.3) is 0 Å². The Hall–Kier alpha value is -1.88. The summed E-state index contributed by atoms with van der Waals surface area (Å²) in [6.07, 6.45) is 5.16. The summed E-state index contributed by atoms with van der Waals surface area (Å²) in [5.41, 5.74) is 3.42. The lowest BCUT2D eigenvalue weighted by molar-refractivity contribution is -0.384. The molecule has 25 heavy (non-hydrogen) atoms. The van der Waals surface area contributed by atoms with Crippen molar-refractivity contribution in [3.05, 3.63) is 46.0 Å². The Morgan fingerprint density at radius 2 is 1.84 bits per heavy atom. The highest BCUT2D eigenvalue weighted by atomic mass is 16.6. The van der Waals surface area contributed by atoms with E-state index >= 15 is 0 Å². The second-order valence-electron chi connectivity index (χ2n) is 8.36. The largest absolute Gasteiger partial charge is 0.369 e. The van der Waals surface area contributed by atoms with E-state index in [1.807, 2.05) is 12.1 Å². The zero-order chi connectivity index (χ0) is 17.6. The minimum Gasteiger partial charge on any atom is -0.369 e. The Labute approximate surface area is 149 Å². The first-order valence-electron chi connectivity index (χ1n) is 9.36. The number of benzene rings is 1. The van der Waals surface area contributed by atoms with Crippen LogP contribution in [0.15, 0.2) is 35.9 Å². The van der Waals surface area contributed by atoms with Crippen LogP contribution < -0.4 is 4.90 Å². The van der Waals surface area contributed by atoms with E-state index in [0.717, 1.165) is 50.2 Å². The molecule has 1 heterocycles. The maximum Gasteiger partial charge on any atom is 0.269 e. The van der Waals surface area contributed by atoms with Crippen molar-refractivity contribution in [3.63, 3.8) is 0 Å². The first-order chi connectivity index (χ1) is 11.9. The van der Waals surface area contributed by atoms with Crippen molar-refractivity contribution in [2.24, 2.45) is 17.3 Å². The summed E-state index contributed by atoms with van der Waals surface area (Å²) in [4.78, 5) is 15.3. The van der Waals surface area contributed by atoms with E-state index in [4.69, 9.17) is 0 Å². The van der Waals surface area contributed by atoms with Gasteiger partial charge in [0, 0.05) is 50.5 Å². The van der Waals surface area contributed by atoms with Crippen LogP contribution in [-0.2, 0) is 0 Å². The van der Waals surface area contributed by atoms with Crippen LogP contribution in [0.5, 0.6) is 0 Å². The number of hydrogen-bond donors (Lipinski definition) is 0. The maximum absolute atomic E-state index is 10.8. The summed E-state index contributed by atoms with van der Waals surface area (Å²) in [5, 5.41) is 10.8. The molecule has 1 saturated heterocycles. The molecular weight excluding hydrogens is 314 g/mol. The van der Waals surface area contributed by atoms with Crippen LogP contribution in [0, 0.1) is 27.4 Å². The van der Waals surface area contributed by atoms with Gasteiger partial charge in [-0.15, -0.1) is 0 Å². The summed E-state index contributed by atoms with van der Waals surface area (Å²) in [7, 11) is 0. The predicted molar refractivity (Wildman–Crippen MR) is 99.8 cm³/mol. The van der Waals surface area contributed by atoms with Crippen molar-refractivity contribution in [2.75, 3.05) is 37.6 Å². The van der Waals surface area contributed by atoms with Crippen molar-refractivity contribution in [2.45, 2.75) is 26.7 Å². The molecule has 5 nitrogen and oxygen atoms in total. The van der Waals surface area contributed by atoms with Crippen molar-refractivity contribution < 1.29 is 4.92 Å². The van der Waals surface area contributed by atoms with Crippen LogP contribution >= 0.6 is 0 Å². The molecule has 5 heteroatoms. The SMILES string of the molecule is CC1(C)[C@H]2CC=C(CN3CCN(c4ccc([N+](=O)[O-])cc4)CC3)[C@@H]1C2. The van der Waals surface area contributed by atoms with Gasteiger partial charge in [-0.2, -0.15) is 0 Å². The zero-order valence-corrected chi connectivity index (χ0v) is 15.1. The number of piperazine rings is 1. The number of hydrogen-bond acceptors (Lipinski definition) is 4. The smallest absolute Gasteiger partial charge is 0.269 e. The Bertz CT molecular complexity index is 687. The predicted octanol–water partition coefficient (Wildman–Crippen LogP) is 3.71. The van der Waals surface area contributed by atoms with E-state index < -0.39 is 0 Å². The second kappa shape index (κ2) is 6.13. The highest BCUT2D eigenvalue weighted by molar-refractivity contribution is 5.51. The third kappa shape index (κ3) is 2.95. The van der Waals surface area contributed by atoms with Gasteiger partial charge in [-0.05, 0) is 42.2 Å². The monoisotopic (exact) mass is 341 g/mol. The molecule has 1 aromatic rings. The topological polar surface area (TPSA) is 49.6 Å². The first-order valence-corrected chi connectivity index (χ1v) is 9.36. The van der Waals surface area contributed by atoms with Gasteiger partial charge >= 0.3 is 0 Å². The fourth-order valence-corrected chi connectivity index (χ4v) is 4.86. The molecule has 0 radical (unpaired) electrons. The number of rotatable bonds is 4. The average molecular weight is 341 g/mol. The summed E-state index contributed by atoms with van der Waals surface area (Å²) < 4.78 is 0. The standard InChI is InChI=1S/C20H27N3O2/c1-20(2)16-4-3-15(19(20)13-16)14-21-9-11-22(12-10-21)17-5-7-18(8-6-17)23(24)25/h3,5-8,16,19H,4,9-14H2,1-2H3/t16-,19-/m0/s1. The van der Waals surface area contributed by atoms with Gasteiger partial charge in [0.2, 0.25) is 0 Å². The second-order valence-corrected chi connectivity index (χ2v) is 8.36. The fourth-order valence-electron chi connectivity index (χ4n) is 4.86. The fraction of sp³-hybridized carbons (Fsp3) is 0.600. The quantitative estimate of drug-likeness (QED) is 0.476. The molecule has 2 bridgehead atoms. The normalized spacial score (nSPS) is 28.2. The lowest BCUT2D eigenvalue weighted by atomic mass is 9.49. The van der Waals surface area contributed by atoms with Crippen molar-refractivity contribution in [1.82, 2.24) is 4.90 Å². The van der Waals surface area contributed by atoms with Crippen LogP contribution in [-0.4, -0.2) is 42.5 Å². The molecule has 0 amide bonds. The van der Waals surface area contributed by atoms with Gasteiger partial charge in [0.25, 0.3) is 5.69 Å². The zero-order valence-electron chi connectivity index (χ0n) is 15.1. The molecular formula is C20H27N3O2. The molecule has 2 atom stereocenters. The summed E-state index contributed by atoms with van der Waals surface area (Å²) in [6.45, 7) is 10.1. The number of allylic oxidation sites excluding steroid dienone is 1. The Morgan fingerprint density at radius 1 is 1.16 bits per heavy atom. The molecule has 1 aromatic carbocycles. The summed E-state index contributed by atoms with van der Waals surface area (Å²) >= 11 is 0. The molecule has 0 unspecified atom stereocenters. The number of fused-ring (bicyclic) bond motifs is 1. The van der Waals surface area contributed by atoms with Crippen molar-refractivity contribution >= 4 is 11.4 Å². The molecule has 0 N–H and O–H groups in total. The number of anilines is 1. The average Bonchev–Trinajstić information content (AvgIpc) is 2.62. The van der Waals surface area contributed by atoms with E-state index in [9.17, 15) is 10.1 Å². The molecule has 4 aliphatic rings. The van der Waals surface area contributed by atoms with E-state index in [0.29, 0.717) is 5.41 Å². The lowest BCUT2D eigenvalue weighted by Crippen LogP contribution is -2.52. The van der Waals surface area contributed by atoms with Gasteiger partial charge < -0.3 is 4.90 Å². The van der Waals surface area contributed by atoms with Gasteiger partial charge in [0.15, 0.2) is 0 Å². The van der Waals surface area contributed by atoms with E-state index in [2.05, 4.69) is 29.7 Å². The highest BCUT2D eigenvalue weighted by Gasteiger charge is 2.51.